The van der Waals surface area contributed by atoms with Gasteiger partial charge in [0.05, 0.1) is 90.9 Å². The summed E-state index contributed by atoms with van der Waals surface area (Å²) in [5, 5.41) is 36.6. The molecule has 2 aliphatic heterocycles. The Morgan fingerprint density at radius 1 is 0.556 bits per heavy atom. The molecule has 0 aliphatic carbocycles. The van der Waals surface area contributed by atoms with Crippen molar-refractivity contribution in [3.05, 3.63) is 132 Å². The van der Waals surface area contributed by atoms with E-state index in [0.29, 0.717) is 70.0 Å². The van der Waals surface area contributed by atoms with Gasteiger partial charge >= 0.3 is 55.3 Å². The summed E-state index contributed by atoms with van der Waals surface area (Å²) in [5.74, 6) is -1.38. The van der Waals surface area contributed by atoms with E-state index in [0.717, 1.165) is 15.7 Å². The molecule has 486 valence electrons. The molecule has 0 aromatic heterocycles. The number of carboxylic acid groups (broad SMARTS) is 1. The number of esters is 2. The van der Waals surface area contributed by atoms with E-state index in [1.807, 2.05) is 67.8 Å². The van der Waals surface area contributed by atoms with Gasteiger partial charge in [0.25, 0.3) is 0 Å². The maximum Gasteiger partial charge on any atom is 1.00 e. The molecule has 34 heteroatoms. The summed E-state index contributed by atoms with van der Waals surface area (Å²) < 4.78 is 158. The van der Waals surface area contributed by atoms with Crippen molar-refractivity contribution in [1.29, 1.82) is 0 Å². The van der Waals surface area contributed by atoms with Crippen LogP contribution in [0.4, 0.5) is 39.5 Å². The van der Waals surface area contributed by atoms with Crippen molar-refractivity contribution in [2.24, 2.45) is 0 Å². The molecular formula is C56H50F9I4LiO20. The Balaban J connectivity index is 0.00000108. The number of fused-ring (bicyclic) bond motifs is 2. The fraction of sp³-hybridized carbons (Fsp3) is 0.250. The number of ether oxygens (including phenoxy) is 9. The summed E-state index contributed by atoms with van der Waals surface area (Å²) in [5.41, 5.74) is 0.0573. The van der Waals surface area contributed by atoms with E-state index in [1.54, 1.807) is 46.9 Å². The molecule has 0 saturated heterocycles. The second kappa shape index (κ2) is 39.1. The van der Waals surface area contributed by atoms with Crippen LogP contribution in [-0.2, 0) is 23.9 Å². The van der Waals surface area contributed by atoms with Crippen LogP contribution in [0.1, 0.15) is 56.0 Å². The van der Waals surface area contributed by atoms with Crippen LogP contribution in [0.3, 0.4) is 0 Å². The summed E-state index contributed by atoms with van der Waals surface area (Å²) >= 11 is 7.58. The Kier molecular flexibility index (Phi) is 36.3. The van der Waals surface area contributed by atoms with Gasteiger partial charge in [-0.2, -0.15) is 39.5 Å². The van der Waals surface area contributed by atoms with E-state index >= 15 is 0 Å². The third-order valence-corrected chi connectivity index (χ3v) is 14.5. The molecule has 0 bridgehead atoms. The van der Waals surface area contributed by atoms with Crippen molar-refractivity contribution in [2.45, 2.75) is 44.6 Å². The minimum absolute atomic E-state index is 0. The van der Waals surface area contributed by atoms with E-state index in [9.17, 15) is 78.5 Å². The Labute approximate surface area is 573 Å². The zero-order chi connectivity index (χ0) is 67.0. The van der Waals surface area contributed by atoms with E-state index in [4.69, 9.17) is 43.4 Å². The Hall–Kier alpha value is -6.41. The van der Waals surface area contributed by atoms with E-state index < -0.39 is 59.8 Å². The number of halogens is 13. The SMILES string of the molecule is CCOC(=O)/C=C/C(F)(F)F.CCOC(=O)C1=Cc2ccc(OC)c(I)c2OC1C(F)(F)F.COc1cc(O)c(C=O)cc1I.COc1ccc(C=O)c(O)c1.COc1ccc(C=O)c(O)c1I.COc1ccc2c(c1I)OC(C(F)(F)F)C(C(=O)O)=C2.[Li+].[OH-]. The third kappa shape index (κ3) is 25.0. The summed E-state index contributed by atoms with van der Waals surface area (Å²) in [6, 6.07) is 16.8. The molecule has 2 atom stereocenters. The van der Waals surface area contributed by atoms with Gasteiger partial charge in [-0.15, -0.1) is 0 Å². The molecule has 2 unspecified atom stereocenters. The first-order valence-electron chi connectivity index (χ1n) is 24.0. The number of methoxy groups -OCH3 is 5. The molecule has 2 heterocycles. The average molecular weight is 1730 g/mol. The van der Waals surface area contributed by atoms with Gasteiger partial charge in [-0.25, -0.2) is 14.4 Å². The van der Waals surface area contributed by atoms with E-state index in [-0.39, 0.29) is 94.6 Å². The normalized spacial score (nSPS) is 13.3. The number of carbonyl (C=O) groups is 6. The van der Waals surface area contributed by atoms with Crippen molar-refractivity contribution in [2.75, 3.05) is 48.8 Å². The molecule has 5 aromatic carbocycles. The molecular weight excluding hydrogens is 1680 g/mol. The first-order valence-corrected chi connectivity index (χ1v) is 28.3. The number of hydrogen-bond acceptors (Lipinski definition) is 19. The first-order chi connectivity index (χ1) is 41.2. The van der Waals surface area contributed by atoms with Gasteiger partial charge in [-0.3, -0.25) is 14.4 Å². The third-order valence-electron chi connectivity index (χ3n) is 10.6. The fourth-order valence-electron chi connectivity index (χ4n) is 6.50. The Morgan fingerprint density at radius 2 is 0.978 bits per heavy atom. The van der Waals surface area contributed by atoms with Crippen LogP contribution < -0.4 is 52.0 Å². The topological polar surface area (TPSA) is 296 Å². The molecule has 5 aromatic rings. The van der Waals surface area contributed by atoms with Gasteiger partial charge in [0.1, 0.15) is 57.5 Å². The van der Waals surface area contributed by atoms with Gasteiger partial charge < -0.3 is 68.5 Å². The molecule has 5 N–H and O–H groups in total. The predicted molar refractivity (Wildman–Crippen MR) is 332 cm³/mol. The second-order valence-corrected chi connectivity index (χ2v) is 20.7. The molecule has 0 radical (unpaired) electrons. The number of aliphatic carboxylic acids is 1. The minimum atomic E-state index is -4.81. The van der Waals surface area contributed by atoms with Crippen LogP contribution in [0, 0.1) is 14.3 Å². The van der Waals surface area contributed by atoms with Gasteiger partial charge in [-0.05, 0) is 171 Å². The quantitative estimate of drug-likeness (QED) is 0.0213. The number of aldehydes is 3. The Morgan fingerprint density at radius 3 is 1.38 bits per heavy atom. The average Bonchev–Trinajstić information content (AvgIpc) is 0.871. The van der Waals surface area contributed by atoms with Crippen LogP contribution in [0.5, 0.6) is 57.5 Å². The van der Waals surface area contributed by atoms with Crippen molar-refractivity contribution < 1.29 is 156 Å². The van der Waals surface area contributed by atoms with Crippen molar-refractivity contribution in [1.82, 2.24) is 0 Å². The number of aromatic hydroxyl groups is 3. The van der Waals surface area contributed by atoms with Crippen LogP contribution >= 0.6 is 90.4 Å². The maximum absolute atomic E-state index is 13.2. The molecule has 7 rings (SSSR count). The maximum atomic E-state index is 13.2. The first kappa shape index (κ1) is 83.6. The molecule has 90 heavy (non-hydrogen) atoms. The summed E-state index contributed by atoms with van der Waals surface area (Å²) in [4.78, 5) is 64.0. The summed E-state index contributed by atoms with van der Waals surface area (Å²) in [6.45, 7) is 3.08. The van der Waals surface area contributed by atoms with Crippen LogP contribution in [0.2, 0.25) is 0 Å². The van der Waals surface area contributed by atoms with Gasteiger partial charge in [0.15, 0.2) is 18.9 Å². The number of benzene rings is 5. The number of alkyl halides is 9. The second-order valence-electron chi connectivity index (χ2n) is 16.3. The largest absolute Gasteiger partial charge is 1.00 e. The van der Waals surface area contributed by atoms with Gasteiger partial charge in [0, 0.05) is 35.4 Å². The molecule has 0 amide bonds. The molecule has 0 fully saturated rings. The number of carboxylic acids is 1. The predicted octanol–water partition coefficient (Wildman–Crippen LogP) is 10.0. The Bertz CT molecular complexity index is 3370. The molecule has 2 aliphatic rings. The van der Waals surface area contributed by atoms with Crippen LogP contribution in [0.25, 0.3) is 12.2 Å². The number of hydrogen-bond donors (Lipinski definition) is 4. The van der Waals surface area contributed by atoms with Gasteiger partial charge in [0.2, 0.25) is 12.2 Å². The van der Waals surface area contributed by atoms with Crippen LogP contribution in [-0.4, -0.2) is 142 Å². The zero-order valence-corrected chi connectivity index (χ0v) is 56.4. The zero-order valence-electron chi connectivity index (χ0n) is 47.7. The summed E-state index contributed by atoms with van der Waals surface area (Å²) in [7, 11) is 7.31. The molecule has 0 spiro atoms. The minimum Gasteiger partial charge on any atom is -0.870 e. The molecule has 0 saturated carbocycles. The van der Waals surface area contributed by atoms with Gasteiger partial charge in [-0.1, -0.05) is 0 Å². The molecule has 20 nitrogen and oxygen atoms in total. The smallest absolute Gasteiger partial charge is 0.870 e. The van der Waals surface area contributed by atoms with Crippen molar-refractivity contribution >= 4 is 139 Å². The fourth-order valence-corrected chi connectivity index (χ4v) is 9.60. The number of allylic oxidation sites excluding steroid dienone is 1. The van der Waals surface area contributed by atoms with E-state index in [2.05, 4.69) is 9.47 Å². The number of carbonyl (C=O) groups excluding carboxylic acids is 5. The van der Waals surface area contributed by atoms with Crippen molar-refractivity contribution in [3.8, 4) is 57.5 Å². The monoisotopic (exact) mass is 1730 g/mol. The number of phenols is 3. The number of rotatable bonds is 13. The number of phenolic OH excluding ortho intramolecular Hbond substituents is 3. The standard InChI is InChI=1S/C14H12F3IO4.C12H8F3IO4.2C8H7IO3.C8H8O3.C6H7F3O2.Li.H2O/c1-3-21-13(19)8-6-7-4-5-9(20-2)10(18)11(7)22-12(8)14(15,16)17;1-19-7-3-2-5-4-6(11(17)18)10(12(13,14)15)20-9(5)8(7)16;1-12-8-3-7(11)5(4-10)2-6(8)9;1-12-6-3-2-5(4-10)8(11)7(6)9;1-11-7-3-2-6(5-9)8(10)4-7;1-2-11-5(10)3-4-6(7,8)9;;/h4-6,12H,3H2,1-2H3;2-4,10H,1H3,(H,17,18);2*2-4,11H,1H3;2-5,10H,1H3;3-4H,2H2,1H3;;1H2/q;;;;;;+1;/p-1/b;;;;;4-3+;;. The summed E-state index contributed by atoms with van der Waals surface area (Å²) in [6.07, 6.45) is -14.7. The van der Waals surface area contributed by atoms with E-state index in [1.165, 1.54) is 91.9 Å². The van der Waals surface area contributed by atoms with Crippen molar-refractivity contribution in [3.63, 3.8) is 0 Å². The van der Waals surface area contributed by atoms with Crippen LogP contribution in [0.15, 0.2) is 90.0 Å².